The van der Waals surface area contributed by atoms with Gasteiger partial charge >= 0.3 is 0 Å². The molecule has 1 heterocycles. The molecule has 1 aromatic carbocycles. The molecule has 0 spiro atoms. The average Bonchev–Trinajstić information content (AvgIpc) is 2.58. The van der Waals surface area contributed by atoms with Crippen LogP contribution in [0, 0.1) is 5.82 Å². The normalized spacial score (nSPS) is 20.6. The van der Waals surface area contributed by atoms with Crippen molar-refractivity contribution in [1.29, 1.82) is 0 Å². The maximum Gasteiger partial charge on any atom is 0.146 e. The van der Waals surface area contributed by atoms with E-state index in [1.807, 2.05) is 0 Å². The number of nitrogens with zero attached hydrogens (tertiary/aromatic N) is 1. The monoisotopic (exact) mass is 237 g/mol. The van der Waals surface area contributed by atoms with Gasteiger partial charge in [0.05, 0.1) is 11.8 Å². The van der Waals surface area contributed by atoms with Crippen LogP contribution in [0.1, 0.15) is 45.3 Å². The molecule has 1 unspecified atom stereocenters. The Kier molecular flexibility index (Phi) is 3.13. The van der Waals surface area contributed by atoms with Crippen molar-refractivity contribution in [2.75, 3.05) is 11.4 Å². The van der Waals surface area contributed by atoms with Gasteiger partial charge in [-0.15, -0.1) is 0 Å². The fourth-order valence-corrected chi connectivity index (χ4v) is 2.56. The number of aliphatic hydroxyl groups excluding tert-OH is 1. The summed E-state index contributed by atoms with van der Waals surface area (Å²) in [5.74, 6) is -0.238. The van der Waals surface area contributed by atoms with E-state index in [4.69, 9.17) is 0 Å². The van der Waals surface area contributed by atoms with Gasteiger partial charge in [-0.25, -0.2) is 4.39 Å². The lowest BCUT2D eigenvalue weighted by molar-refractivity contribution is 0.199. The average molecular weight is 237 g/mol. The molecule has 0 amide bonds. The maximum atomic E-state index is 14.1. The van der Waals surface area contributed by atoms with E-state index in [1.54, 1.807) is 19.1 Å². The van der Waals surface area contributed by atoms with E-state index in [0.29, 0.717) is 11.3 Å². The lowest BCUT2D eigenvalue weighted by atomic mass is 10.0. The molecule has 94 valence electrons. The van der Waals surface area contributed by atoms with Crippen LogP contribution in [0.3, 0.4) is 0 Å². The Labute approximate surface area is 102 Å². The van der Waals surface area contributed by atoms with Crippen LogP contribution in [0.4, 0.5) is 10.1 Å². The molecule has 1 atom stereocenters. The third-order valence-corrected chi connectivity index (χ3v) is 3.65. The van der Waals surface area contributed by atoms with Gasteiger partial charge in [-0.1, -0.05) is 6.07 Å². The second kappa shape index (κ2) is 4.30. The predicted octanol–water partition coefficient (Wildman–Crippen LogP) is 3.26. The van der Waals surface area contributed by atoms with Crippen molar-refractivity contribution in [3.05, 3.63) is 29.6 Å². The second-order valence-corrected chi connectivity index (χ2v) is 5.45. The van der Waals surface area contributed by atoms with E-state index >= 15 is 0 Å². The summed E-state index contributed by atoms with van der Waals surface area (Å²) in [6.45, 7) is 6.83. The zero-order valence-electron chi connectivity index (χ0n) is 10.7. The Morgan fingerprint density at radius 2 is 2.12 bits per heavy atom. The summed E-state index contributed by atoms with van der Waals surface area (Å²) in [7, 11) is 0. The quantitative estimate of drug-likeness (QED) is 0.853. The largest absolute Gasteiger partial charge is 0.389 e. The highest BCUT2D eigenvalue weighted by Crippen LogP contribution is 2.35. The number of rotatable bonds is 2. The molecule has 1 fully saturated rings. The molecular weight excluding hydrogens is 217 g/mol. The van der Waals surface area contributed by atoms with Gasteiger partial charge in [0.1, 0.15) is 5.82 Å². The second-order valence-electron chi connectivity index (χ2n) is 5.45. The van der Waals surface area contributed by atoms with Crippen molar-refractivity contribution in [1.82, 2.24) is 0 Å². The Balaban J connectivity index is 2.34. The summed E-state index contributed by atoms with van der Waals surface area (Å²) < 4.78 is 14.1. The van der Waals surface area contributed by atoms with E-state index < -0.39 is 6.10 Å². The van der Waals surface area contributed by atoms with Crippen LogP contribution in [-0.4, -0.2) is 17.2 Å². The standard InChI is InChI=1S/C14H20FNO/c1-10(17)11-5-6-13(12(15)9-11)16-8-4-7-14(16,2)3/h5-6,9-10,17H,4,7-8H2,1-3H3. The minimum Gasteiger partial charge on any atom is -0.389 e. The Hall–Kier alpha value is -1.09. The van der Waals surface area contributed by atoms with Crippen LogP contribution in [0.25, 0.3) is 0 Å². The molecule has 17 heavy (non-hydrogen) atoms. The third-order valence-electron chi connectivity index (χ3n) is 3.65. The molecule has 1 saturated heterocycles. The molecule has 0 aromatic heterocycles. The van der Waals surface area contributed by atoms with Gasteiger partial charge in [0.15, 0.2) is 0 Å². The van der Waals surface area contributed by atoms with E-state index in [-0.39, 0.29) is 11.4 Å². The molecule has 1 aromatic rings. The van der Waals surface area contributed by atoms with Crippen molar-refractivity contribution >= 4 is 5.69 Å². The minimum atomic E-state index is -0.620. The molecule has 0 radical (unpaired) electrons. The van der Waals surface area contributed by atoms with Gasteiger partial charge < -0.3 is 10.0 Å². The SMILES string of the molecule is CC(O)c1ccc(N2CCCC2(C)C)c(F)c1. The molecule has 1 N–H and O–H groups in total. The Morgan fingerprint density at radius 1 is 1.41 bits per heavy atom. The van der Waals surface area contributed by atoms with Crippen LogP contribution in [0.2, 0.25) is 0 Å². The maximum absolute atomic E-state index is 14.1. The summed E-state index contributed by atoms with van der Waals surface area (Å²) in [4.78, 5) is 2.12. The first-order valence-corrected chi connectivity index (χ1v) is 6.17. The number of aliphatic hydroxyl groups is 1. The molecule has 0 saturated carbocycles. The van der Waals surface area contributed by atoms with Crippen LogP contribution < -0.4 is 4.90 Å². The van der Waals surface area contributed by atoms with E-state index in [2.05, 4.69) is 18.7 Å². The summed E-state index contributed by atoms with van der Waals surface area (Å²) >= 11 is 0. The lowest BCUT2D eigenvalue weighted by Gasteiger charge is -2.34. The number of benzene rings is 1. The summed E-state index contributed by atoms with van der Waals surface area (Å²) in [5, 5.41) is 9.43. The first-order chi connectivity index (χ1) is 7.92. The van der Waals surface area contributed by atoms with Crippen molar-refractivity contribution < 1.29 is 9.50 Å². The van der Waals surface area contributed by atoms with Gasteiger partial charge in [0.2, 0.25) is 0 Å². The highest BCUT2D eigenvalue weighted by Gasteiger charge is 2.33. The fourth-order valence-electron chi connectivity index (χ4n) is 2.56. The predicted molar refractivity (Wildman–Crippen MR) is 67.7 cm³/mol. The van der Waals surface area contributed by atoms with E-state index in [1.165, 1.54) is 6.07 Å². The highest BCUT2D eigenvalue weighted by atomic mass is 19.1. The molecule has 2 rings (SSSR count). The smallest absolute Gasteiger partial charge is 0.146 e. The van der Waals surface area contributed by atoms with Crippen molar-refractivity contribution in [2.24, 2.45) is 0 Å². The molecule has 0 aliphatic carbocycles. The molecule has 1 aliphatic rings. The van der Waals surface area contributed by atoms with Gasteiger partial charge in [0, 0.05) is 12.1 Å². The van der Waals surface area contributed by atoms with Crippen molar-refractivity contribution in [3.63, 3.8) is 0 Å². The molecule has 3 heteroatoms. The number of halogens is 1. The fraction of sp³-hybridized carbons (Fsp3) is 0.571. The Morgan fingerprint density at radius 3 is 2.59 bits per heavy atom. The molecule has 1 aliphatic heterocycles. The topological polar surface area (TPSA) is 23.5 Å². The molecular formula is C14H20FNO. The lowest BCUT2D eigenvalue weighted by Crippen LogP contribution is -2.38. The summed E-state index contributed by atoms with van der Waals surface area (Å²) in [5.41, 5.74) is 1.30. The van der Waals surface area contributed by atoms with E-state index in [9.17, 15) is 9.50 Å². The zero-order valence-corrected chi connectivity index (χ0v) is 10.7. The van der Waals surface area contributed by atoms with Gasteiger partial charge in [-0.05, 0) is 51.3 Å². The van der Waals surface area contributed by atoms with Crippen LogP contribution >= 0.6 is 0 Å². The number of hydrogen-bond acceptors (Lipinski definition) is 2. The summed E-state index contributed by atoms with van der Waals surface area (Å²) in [6.07, 6.45) is 1.57. The van der Waals surface area contributed by atoms with Gasteiger partial charge in [-0.2, -0.15) is 0 Å². The number of hydrogen-bond donors (Lipinski definition) is 1. The van der Waals surface area contributed by atoms with Crippen LogP contribution in [0.15, 0.2) is 18.2 Å². The highest BCUT2D eigenvalue weighted by molar-refractivity contribution is 5.52. The molecule has 0 bridgehead atoms. The Bertz CT molecular complexity index is 415. The third kappa shape index (κ3) is 2.29. The first-order valence-electron chi connectivity index (χ1n) is 6.17. The minimum absolute atomic E-state index is 0.0210. The van der Waals surface area contributed by atoms with Crippen molar-refractivity contribution in [2.45, 2.75) is 45.3 Å². The molecule has 2 nitrogen and oxygen atoms in total. The van der Waals surface area contributed by atoms with Crippen LogP contribution in [-0.2, 0) is 0 Å². The van der Waals surface area contributed by atoms with E-state index in [0.717, 1.165) is 19.4 Å². The van der Waals surface area contributed by atoms with Crippen LogP contribution in [0.5, 0.6) is 0 Å². The van der Waals surface area contributed by atoms with Gasteiger partial charge in [0.25, 0.3) is 0 Å². The van der Waals surface area contributed by atoms with Gasteiger partial charge in [-0.3, -0.25) is 0 Å². The summed E-state index contributed by atoms with van der Waals surface area (Å²) in [6, 6.07) is 5.02. The zero-order chi connectivity index (χ0) is 12.6. The number of anilines is 1. The van der Waals surface area contributed by atoms with Crippen molar-refractivity contribution in [3.8, 4) is 0 Å². The first kappa shape index (κ1) is 12.4.